The number of nitrogens with two attached hydrogens (primary N) is 1. The molecule has 0 aliphatic heterocycles. The van der Waals surface area contributed by atoms with Crippen LogP contribution in [0.2, 0.25) is 0 Å². The zero-order chi connectivity index (χ0) is 14.5. The number of rotatable bonds is 6. The SMILES string of the molecule is Cc1cc(N)cc(C(=O)NCC(C)(C)CCCO)c1. The van der Waals surface area contributed by atoms with Gasteiger partial charge in [-0.15, -0.1) is 0 Å². The van der Waals surface area contributed by atoms with E-state index in [1.54, 1.807) is 6.07 Å². The number of benzene rings is 1. The van der Waals surface area contributed by atoms with Crippen molar-refractivity contribution in [3.05, 3.63) is 29.3 Å². The summed E-state index contributed by atoms with van der Waals surface area (Å²) in [5.74, 6) is -0.104. The van der Waals surface area contributed by atoms with Crippen molar-refractivity contribution in [3.63, 3.8) is 0 Å². The van der Waals surface area contributed by atoms with Crippen molar-refractivity contribution in [2.24, 2.45) is 5.41 Å². The minimum atomic E-state index is -0.104. The zero-order valence-electron chi connectivity index (χ0n) is 12.0. The summed E-state index contributed by atoms with van der Waals surface area (Å²) in [6, 6.07) is 5.34. The molecule has 0 spiro atoms. The fraction of sp³-hybridized carbons (Fsp3) is 0.533. The van der Waals surface area contributed by atoms with Gasteiger partial charge < -0.3 is 16.2 Å². The summed E-state index contributed by atoms with van der Waals surface area (Å²) in [4.78, 5) is 12.1. The Morgan fingerprint density at radius 3 is 2.63 bits per heavy atom. The van der Waals surface area contributed by atoms with Crippen LogP contribution in [-0.2, 0) is 0 Å². The molecule has 4 heteroatoms. The smallest absolute Gasteiger partial charge is 0.251 e. The molecule has 4 N–H and O–H groups in total. The molecule has 0 saturated carbocycles. The predicted octanol–water partition coefficient (Wildman–Crippen LogP) is 2.11. The van der Waals surface area contributed by atoms with Crippen LogP contribution in [0.25, 0.3) is 0 Å². The van der Waals surface area contributed by atoms with Crippen LogP contribution in [0.5, 0.6) is 0 Å². The van der Waals surface area contributed by atoms with E-state index in [4.69, 9.17) is 10.8 Å². The highest BCUT2D eigenvalue weighted by atomic mass is 16.2. The molecule has 0 bridgehead atoms. The average Bonchev–Trinajstić information content (AvgIpc) is 2.32. The maximum Gasteiger partial charge on any atom is 0.251 e. The number of aliphatic hydroxyl groups excluding tert-OH is 1. The summed E-state index contributed by atoms with van der Waals surface area (Å²) in [5.41, 5.74) is 7.89. The molecule has 1 aromatic carbocycles. The molecule has 0 aliphatic carbocycles. The van der Waals surface area contributed by atoms with Crippen LogP contribution in [0.1, 0.15) is 42.6 Å². The molecule has 0 unspecified atom stereocenters. The summed E-state index contributed by atoms with van der Waals surface area (Å²) in [6.45, 7) is 6.84. The van der Waals surface area contributed by atoms with Crippen molar-refractivity contribution in [2.45, 2.75) is 33.6 Å². The number of carbonyl (C=O) groups excluding carboxylic acids is 1. The second-order valence-electron chi connectivity index (χ2n) is 5.81. The standard InChI is InChI=1S/C15H24N2O2/c1-11-7-12(9-13(16)8-11)14(19)17-10-15(2,3)5-4-6-18/h7-9,18H,4-6,10,16H2,1-3H3,(H,17,19). The Morgan fingerprint density at radius 2 is 2.05 bits per heavy atom. The first-order chi connectivity index (χ1) is 8.84. The molecular weight excluding hydrogens is 240 g/mol. The number of hydrogen-bond acceptors (Lipinski definition) is 3. The van der Waals surface area contributed by atoms with E-state index in [2.05, 4.69) is 19.2 Å². The zero-order valence-corrected chi connectivity index (χ0v) is 12.0. The molecule has 0 aliphatic rings. The largest absolute Gasteiger partial charge is 0.399 e. The molecule has 1 rings (SSSR count). The summed E-state index contributed by atoms with van der Waals surface area (Å²) in [5, 5.41) is 11.8. The van der Waals surface area contributed by atoms with Crippen LogP contribution in [0.4, 0.5) is 5.69 Å². The number of nitrogen functional groups attached to an aromatic ring is 1. The summed E-state index contributed by atoms with van der Waals surface area (Å²) in [6.07, 6.45) is 1.63. The Bertz CT molecular complexity index is 422. The van der Waals surface area contributed by atoms with Gasteiger partial charge in [-0.25, -0.2) is 0 Å². The summed E-state index contributed by atoms with van der Waals surface area (Å²) < 4.78 is 0. The summed E-state index contributed by atoms with van der Waals surface area (Å²) in [7, 11) is 0. The van der Waals surface area contributed by atoms with Gasteiger partial charge in [-0.1, -0.05) is 13.8 Å². The Kier molecular flexibility index (Phi) is 5.36. The second-order valence-corrected chi connectivity index (χ2v) is 5.81. The van der Waals surface area contributed by atoms with E-state index in [9.17, 15) is 4.79 Å². The van der Waals surface area contributed by atoms with Crippen LogP contribution in [0.3, 0.4) is 0 Å². The van der Waals surface area contributed by atoms with Crippen LogP contribution in [0, 0.1) is 12.3 Å². The van der Waals surface area contributed by atoms with Crippen molar-refractivity contribution in [2.75, 3.05) is 18.9 Å². The highest BCUT2D eigenvalue weighted by molar-refractivity contribution is 5.95. The van der Waals surface area contributed by atoms with E-state index in [-0.39, 0.29) is 17.9 Å². The fourth-order valence-electron chi connectivity index (χ4n) is 2.01. The van der Waals surface area contributed by atoms with Crippen molar-refractivity contribution in [3.8, 4) is 0 Å². The highest BCUT2D eigenvalue weighted by Gasteiger charge is 2.18. The number of aryl methyl sites for hydroxylation is 1. The summed E-state index contributed by atoms with van der Waals surface area (Å²) >= 11 is 0. The molecule has 0 atom stereocenters. The van der Waals surface area contributed by atoms with Gasteiger partial charge in [0.2, 0.25) is 0 Å². The number of nitrogens with one attached hydrogen (secondary N) is 1. The van der Waals surface area contributed by atoms with E-state index in [1.807, 2.05) is 19.1 Å². The quantitative estimate of drug-likeness (QED) is 0.689. The topological polar surface area (TPSA) is 75.4 Å². The molecule has 0 saturated heterocycles. The number of amides is 1. The molecule has 1 amide bonds. The van der Waals surface area contributed by atoms with Gasteiger partial charge in [0, 0.05) is 24.4 Å². The maximum atomic E-state index is 12.1. The number of carbonyl (C=O) groups is 1. The highest BCUT2D eigenvalue weighted by Crippen LogP contribution is 2.21. The first kappa shape index (κ1) is 15.5. The van der Waals surface area contributed by atoms with Crippen LogP contribution in [0.15, 0.2) is 18.2 Å². The van der Waals surface area contributed by atoms with Crippen LogP contribution < -0.4 is 11.1 Å². The van der Waals surface area contributed by atoms with Gasteiger partial charge in [0.05, 0.1) is 0 Å². The third-order valence-electron chi connectivity index (χ3n) is 3.10. The van der Waals surface area contributed by atoms with Gasteiger partial charge in [-0.05, 0) is 48.9 Å². The van der Waals surface area contributed by atoms with Crippen molar-refractivity contribution < 1.29 is 9.90 Å². The molecule has 0 fully saturated rings. The molecular formula is C15H24N2O2. The van der Waals surface area contributed by atoms with E-state index < -0.39 is 0 Å². The Balaban J connectivity index is 2.60. The first-order valence-corrected chi connectivity index (χ1v) is 6.60. The van der Waals surface area contributed by atoms with E-state index in [1.165, 1.54) is 0 Å². The fourth-order valence-corrected chi connectivity index (χ4v) is 2.01. The molecule has 0 heterocycles. The second kappa shape index (κ2) is 6.57. The normalized spacial score (nSPS) is 11.4. The van der Waals surface area contributed by atoms with Crippen molar-refractivity contribution >= 4 is 11.6 Å². The maximum absolute atomic E-state index is 12.1. The lowest BCUT2D eigenvalue weighted by Crippen LogP contribution is -2.34. The minimum Gasteiger partial charge on any atom is -0.399 e. The third kappa shape index (κ3) is 5.30. The molecule has 4 nitrogen and oxygen atoms in total. The molecule has 1 aromatic rings. The van der Waals surface area contributed by atoms with Crippen molar-refractivity contribution in [1.82, 2.24) is 5.32 Å². The molecule has 19 heavy (non-hydrogen) atoms. The number of anilines is 1. The van der Waals surface area contributed by atoms with Gasteiger partial charge in [0.15, 0.2) is 0 Å². The van der Waals surface area contributed by atoms with Crippen LogP contribution in [-0.4, -0.2) is 24.2 Å². The van der Waals surface area contributed by atoms with E-state index in [0.717, 1.165) is 18.4 Å². The van der Waals surface area contributed by atoms with Gasteiger partial charge in [-0.2, -0.15) is 0 Å². The Labute approximate surface area is 115 Å². The van der Waals surface area contributed by atoms with Gasteiger partial charge in [-0.3, -0.25) is 4.79 Å². The average molecular weight is 264 g/mol. The van der Waals surface area contributed by atoms with Gasteiger partial charge in [0.25, 0.3) is 5.91 Å². The monoisotopic (exact) mass is 264 g/mol. The van der Waals surface area contributed by atoms with Crippen LogP contribution >= 0.6 is 0 Å². The molecule has 106 valence electrons. The first-order valence-electron chi connectivity index (χ1n) is 6.60. The Hall–Kier alpha value is -1.55. The lowest BCUT2D eigenvalue weighted by molar-refractivity contribution is 0.0933. The molecule has 0 radical (unpaired) electrons. The van der Waals surface area contributed by atoms with Gasteiger partial charge >= 0.3 is 0 Å². The Morgan fingerprint density at radius 1 is 1.37 bits per heavy atom. The minimum absolute atomic E-state index is 0.0201. The van der Waals surface area contributed by atoms with E-state index >= 15 is 0 Å². The number of aliphatic hydroxyl groups is 1. The lowest BCUT2D eigenvalue weighted by Gasteiger charge is -2.24. The van der Waals surface area contributed by atoms with Crippen molar-refractivity contribution in [1.29, 1.82) is 0 Å². The predicted molar refractivity (Wildman–Crippen MR) is 78.0 cm³/mol. The lowest BCUT2D eigenvalue weighted by atomic mass is 9.88. The van der Waals surface area contributed by atoms with E-state index in [0.29, 0.717) is 17.8 Å². The van der Waals surface area contributed by atoms with Gasteiger partial charge in [0.1, 0.15) is 0 Å². The number of hydrogen-bond donors (Lipinski definition) is 3. The third-order valence-corrected chi connectivity index (χ3v) is 3.10. The molecule has 0 aromatic heterocycles.